The predicted octanol–water partition coefficient (Wildman–Crippen LogP) is 4.44. The van der Waals surface area contributed by atoms with Crippen LogP contribution in [0, 0.1) is 5.82 Å². The second-order valence-electron chi connectivity index (χ2n) is 6.32. The molecule has 3 aromatic rings. The van der Waals surface area contributed by atoms with E-state index in [1.807, 2.05) is 36.4 Å². The summed E-state index contributed by atoms with van der Waals surface area (Å²) in [6, 6.07) is 16.6. The third kappa shape index (κ3) is 5.28. The summed E-state index contributed by atoms with van der Waals surface area (Å²) in [5.74, 6) is 1.18. The first kappa shape index (κ1) is 18.9. The molecule has 0 unspecified atom stereocenters. The molecule has 0 amide bonds. The molecule has 1 heterocycles. The van der Waals surface area contributed by atoms with Gasteiger partial charge in [-0.3, -0.25) is 9.88 Å². The summed E-state index contributed by atoms with van der Waals surface area (Å²) in [6.07, 6.45) is 3.57. The molecule has 0 aliphatic rings. The van der Waals surface area contributed by atoms with Crippen LogP contribution < -0.4 is 9.47 Å². The zero-order chi connectivity index (χ0) is 19.1. The third-order valence-corrected chi connectivity index (χ3v) is 4.30. The molecule has 1 aromatic heterocycles. The van der Waals surface area contributed by atoms with Crippen molar-refractivity contribution in [3.8, 4) is 11.5 Å². The summed E-state index contributed by atoms with van der Waals surface area (Å²) in [6.45, 7) is 2.06. The van der Waals surface area contributed by atoms with E-state index in [-0.39, 0.29) is 5.82 Å². The van der Waals surface area contributed by atoms with Gasteiger partial charge < -0.3 is 9.47 Å². The third-order valence-electron chi connectivity index (χ3n) is 4.30. The van der Waals surface area contributed by atoms with E-state index in [1.54, 1.807) is 38.7 Å². The molecule has 0 saturated carbocycles. The lowest BCUT2D eigenvalue weighted by atomic mass is 10.1. The maximum Gasteiger partial charge on any atom is 0.161 e. The average Bonchev–Trinajstić information content (AvgIpc) is 2.68. The van der Waals surface area contributed by atoms with Crippen LogP contribution >= 0.6 is 0 Å². The Bertz CT molecular complexity index is 871. The lowest BCUT2D eigenvalue weighted by molar-refractivity contribution is 0.246. The fraction of sp³-hybridized carbons (Fsp3) is 0.227. The number of ether oxygens (including phenoxy) is 2. The molecular formula is C22H23FN2O2. The number of aromatic nitrogens is 1. The first-order valence-electron chi connectivity index (χ1n) is 8.74. The number of rotatable bonds is 8. The number of methoxy groups -OCH3 is 2. The highest BCUT2D eigenvalue weighted by molar-refractivity contribution is 5.42. The highest BCUT2D eigenvalue weighted by atomic mass is 19.1. The molecule has 0 radical (unpaired) electrons. The highest BCUT2D eigenvalue weighted by Gasteiger charge is 2.11. The van der Waals surface area contributed by atoms with Gasteiger partial charge in [0.2, 0.25) is 0 Å². The summed E-state index contributed by atoms with van der Waals surface area (Å²) in [5.41, 5.74) is 3.18. The van der Waals surface area contributed by atoms with Crippen molar-refractivity contribution in [2.75, 3.05) is 14.2 Å². The van der Waals surface area contributed by atoms with Crippen LogP contribution in [0.1, 0.15) is 16.7 Å². The maximum absolute atomic E-state index is 13.6. The molecule has 4 nitrogen and oxygen atoms in total. The predicted molar refractivity (Wildman–Crippen MR) is 103 cm³/mol. The monoisotopic (exact) mass is 366 g/mol. The minimum Gasteiger partial charge on any atom is -0.493 e. The molecule has 0 aliphatic carbocycles. The molecular weight excluding hydrogens is 343 g/mol. The van der Waals surface area contributed by atoms with Crippen LogP contribution in [-0.2, 0) is 19.6 Å². The lowest BCUT2D eigenvalue weighted by Crippen LogP contribution is -2.22. The van der Waals surface area contributed by atoms with Crippen LogP contribution in [-0.4, -0.2) is 24.1 Å². The summed E-state index contributed by atoms with van der Waals surface area (Å²) < 4.78 is 24.3. The molecule has 0 bridgehead atoms. The zero-order valence-corrected chi connectivity index (χ0v) is 15.6. The SMILES string of the molecule is COc1ccc(CN(Cc2ccncc2)Cc2cccc(F)c2)cc1OC. The van der Waals surface area contributed by atoms with E-state index in [4.69, 9.17) is 9.47 Å². The normalized spacial score (nSPS) is 10.8. The topological polar surface area (TPSA) is 34.6 Å². The number of benzene rings is 2. The van der Waals surface area contributed by atoms with Gasteiger partial charge in [0.15, 0.2) is 11.5 Å². The van der Waals surface area contributed by atoms with Gasteiger partial charge in [-0.15, -0.1) is 0 Å². The summed E-state index contributed by atoms with van der Waals surface area (Å²) in [4.78, 5) is 6.33. The molecule has 5 heteroatoms. The highest BCUT2D eigenvalue weighted by Crippen LogP contribution is 2.28. The Kier molecular flexibility index (Phi) is 6.39. The first-order chi connectivity index (χ1) is 13.2. The largest absolute Gasteiger partial charge is 0.493 e. The molecule has 27 heavy (non-hydrogen) atoms. The minimum absolute atomic E-state index is 0.220. The van der Waals surface area contributed by atoms with Crippen molar-refractivity contribution in [2.45, 2.75) is 19.6 Å². The first-order valence-corrected chi connectivity index (χ1v) is 8.74. The van der Waals surface area contributed by atoms with Gasteiger partial charge in [0, 0.05) is 32.0 Å². The molecule has 0 N–H and O–H groups in total. The van der Waals surface area contributed by atoms with Crippen molar-refractivity contribution in [3.63, 3.8) is 0 Å². The van der Waals surface area contributed by atoms with Gasteiger partial charge in [-0.2, -0.15) is 0 Å². The van der Waals surface area contributed by atoms with Gasteiger partial charge in [-0.1, -0.05) is 18.2 Å². The van der Waals surface area contributed by atoms with Gasteiger partial charge in [-0.05, 0) is 53.1 Å². The minimum atomic E-state index is -0.220. The summed E-state index contributed by atoms with van der Waals surface area (Å²) >= 11 is 0. The van der Waals surface area contributed by atoms with Gasteiger partial charge >= 0.3 is 0 Å². The van der Waals surface area contributed by atoms with Crippen molar-refractivity contribution < 1.29 is 13.9 Å². The fourth-order valence-corrected chi connectivity index (χ4v) is 3.04. The zero-order valence-electron chi connectivity index (χ0n) is 15.6. The van der Waals surface area contributed by atoms with Crippen molar-refractivity contribution >= 4 is 0 Å². The van der Waals surface area contributed by atoms with Crippen LogP contribution in [0.5, 0.6) is 11.5 Å². The Morgan fingerprint density at radius 1 is 0.778 bits per heavy atom. The Balaban J connectivity index is 1.82. The molecule has 0 atom stereocenters. The fourth-order valence-electron chi connectivity index (χ4n) is 3.04. The molecule has 0 aliphatic heterocycles. The number of hydrogen-bond donors (Lipinski definition) is 0. The smallest absolute Gasteiger partial charge is 0.161 e. The molecule has 2 aromatic carbocycles. The van der Waals surface area contributed by atoms with Crippen molar-refractivity contribution in [3.05, 3.63) is 89.5 Å². The second kappa shape index (κ2) is 9.14. The van der Waals surface area contributed by atoms with Crippen molar-refractivity contribution in [2.24, 2.45) is 0 Å². The van der Waals surface area contributed by atoms with Crippen LogP contribution in [0.4, 0.5) is 4.39 Å². The standard InChI is InChI=1S/C22H23FN2O2/c1-26-21-7-6-19(13-22(21)27-2)16-25(14-17-8-10-24-11-9-17)15-18-4-3-5-20(23)12-18/h3-13H,14-16H2,1-2H3. The van der Waals surface area contributed by atoms with Gasteiger partial charge in [0.25, 0.3) is 0 Å². The molecule has 140 valence electrons. The quantitative estimate of drug-likeness (QED) is 0.590. The number of halogens is 1. The van der Waals surface area contributed by atoms with Crippen LogP contribution in [0.3, 0.4) is 0 Å². The van der Waals surface area contributed by atoms with E-state index in [0.717, 1.165) is 23.2 Å². The van der Waals surface area contributed by atoms with Crippen LogP contribution in [0.15, 0.2) is 67.0 Å². The van der Waals surface area contributed by atoms with Gasteiger partial charge in [0.05, 0.1) is 14.2 Å². The molecule has 0 spiro atoms. The Hall–Kier alpha value is -2.92. The van der Waals surface area contributed by atoms with E-state index in [1.165, 1.54) is 6.07 Å². The molecule has 3 rings (SSSR count). The van der Waals surface area contributed by atoms with E-state index in [2.05, 4.69) is 9.88 Å². The Labute approximate surface area is 159 Å². The molecule has 0 saturated heterocycles. The van der Waals surface area contributed by atoms with E-state index < -0.39 is 0 Å². The van der Waals surface area contributed by atoms with E-state index in [9.17, 15) is 4.39 Å². The van der Waals surface area contributed by atoms with E-state index >= 15 is 0 Å². The van der Waals surface area contributed by atoms with E-state index in [0.29, 0.717) is 24.6 Å². The summed E-state index contributed by atoms with van der Waals surface area (Å²) in [5, 5.41) is 0. The molecule has 0 fully saturated rings. The van der Waals surface area contributed by atoms with Crippen molar-refractivity contribution in [1.29, 1.82) is 0 Å². The second-order valence-corrected chi connectivity index (χ2v) is 6.32. The van der Waals surface area contributed by atoms with Gasteiger partial charge in [-0.25, -0.2) is 4.39 Å². The number of hydrogen-bond acceptors (Lipinski definition) is 4. The lowest BCUT2D eigenvalue weighted by Gasteiger charge is -2.23. The van der Waals surface area contributed by atoms with Crippen LogP contribution in [0.2, 0.25) is 0 Å². The summed E-state index contributed by atoms with van der Waals surface area (Å²) in [7, 11) is 3.25. The Morgan fingerprint density at radius 3 is 2.11 bits per heavy atom. The van der Waals surface area contributed by atoms with Crippen LogP contribution in [0.25, 0.3) is 0 Å². The Morgan fingerprint density at radius 2 is 1.44 bits per heavy atom. The maximum atomic E-state index is 13.6. The van der Waals surface area contributed by atoms with Gasteiger partial charge in [0.1, 0.15) is 5.82 Å². The number of nitrogens with zero attached hydrogens (tertiary/aromatic N) is 2. The number of pyridine rings is 1. The average molecular weight is 366 g/mol. The van der Waals surface area contributed by atoms with Crippen molar-refractivity contribution in [1.82, 2.24) is 9.88 Å².